The molecule has 1 amide bonds. The van der Waals surface area contributed by atoms with Gasteiger partial charge >= 0.3 is 6.36 Å². The van der Waals surface area contributed by atoms with Crippen molar-refractivity contribution in [3.05, 3.63) is 77.4 Å². The van der Waals surface area contributed by atoms with Gasteiger partial charge in [0.05, 0.1) is 18.9 Å². The molecule has 0 radical (unpaired) electrons. The van der Waals surface area contributed by atoms with Crippen molar-refractivity contribution in [2.75, 3.05) is 6.54 Å². The summed E-state index contributed by atoms with van der Waals surface area (Å²) in [4.78, 5) is 11.2. The molecule has 0 heterocycles. The number of amides is 1. The number of rotatable bonds is 8. The molecule has 5 nitrogen and oxygen atoms in total. The lowest BCUT2D eigenvalue weighted by Crippen LogP contribution is -2.29. The maximum Gasteiger partial charge on any atom is 0.573 e. The van der Waals surface area contributed by atoms with Crippen LogP contribution in [0.4, 0.5) is 13.2 Å². The number of carbonyl (C=O) groups excluding carboxylic acids is 1. The van der Waals surface area contributed by atoms with E-state index in [-0.39, 0.29) is 24.8 Å². The van der Waals surface area contributed by atoms with E-state index in [2.05, 4.69) is 30.5 Å². The molecule has 2 aromatic rings. The number of benzene rings is 2. The van der Waals surface area contributed by atoms with Gasteiger partial charge in [-0.3, -0.25) is 4.79 Å². The molecule has 0 saturated heterocycles. The van der Waals surface area contributed by atoms with Crippen LogP contribution in [-0.2, 0) is 11.4 Å². The Balaban J connectivity index is 0.000000363. The Morgan fingerprint density at radius 3 is 2.38 bits per heavy atom. The normalized spacial score (nSPS) is 11.6. The number of halogens is 3. The average Bonchev–Trinajstić information content (AvgIpc) is 2.77. The van der Waals surface area contributed by atoms with Gasteiger partial charge in [0.2, 0.25) is 5.91 Å². The molecule has 1 unspecified atom stereocenters. The van der Waals surface area contributed by atoms with Gasteiger partial charge in [-0.2, -0.15) is 0 Å². The first kappa shape index (κ1) is 26.9. The van der Waals surface area contributed by atoms with Gasteiger partial charge in [0.25, 0.3) is 0 Å². The second-order valence-corrected chi connectivity index (χ2v) is 7.11. The van der Waals surface area contributed by atoms with Crippen molar-refractivity contribution in [3.8, 4) is 5.75 Å². The summed E-state index contributed by atoms with van der Waals surface area (Å²) in [6.45, 7) is 9.37. The molecule has 0 bridgehead atoms. The van der Waals surface area contributed by atoms with Crippen molar-refractivity contribution in [1.82, 2.24) is 5.32 Å². The van der Waals surface area contributed by atoms with Crippen molar-refractivity contribution < 1.29 is 27.8 Å². The highest BCUT2D eigenvalue weighted by atomic mass is 19.4. The standard InChI is InChI=1S/C16H22N2O2.C8H7F3O/c1-4-11(3)13-8-6-7-12(10-19)16(13)14(17)9-18-15(20)5-2;1-6-2-4-7(5-3-6)12-8(9,10)11/h5-8,11,17,19H,2,4,9-10H2,1,3H3,(H,18,20);2-5H,1H3. The maximum atomic E-state index is 11.6. The summed E-state index contributed by atoms with van der Waals surface area (Å²) in [6.07, 6.45) is -2.47. The molecule has 1 atom stereocenters. The molecule has 0 aromatic heterocycles. The Hall–Kier alpha value is -3.13. The van der Waals surface area contributed by atoms with Crippen LogP contribution < -0.4 is 10.1 Å². The fourth-order valence-electron chi connectivity index (χ4n) is 2.83. The zero-order valence-electron chi connectivity index (χ0n) is 18.4. The van der Waals surface area contributed by atoms with Crippen LogP contribution >= 0.6 is 0 Å². The Labute approximate surface area is 186 Å². The lowest BCUT2D eigenvalue weighted by Gasteiger charge is -2.19. The second-order valence-electron chi connectivity index (χ2n) is 7.11. The summed E-state index contributed by atoms with van der Waals surface area (Å²) < 4.78 is 38.5. The van der Waals surface area contributed by atoms with E-state index in [4.69, 9.17) is 5.41 Å². The highest BCUT2D eigenvalue weighted by Crippen LogP contribution is 2.26. The molecular formula is C24H29F3N2O3. The largest absolute Gasteiger partial charge is 0.573 e. The van der Waals surface area contributed by atoms with Crippen LogP contribution in [0.1, 0.15) is 48.4 Å². The van der Waals surface area contributed by atoms with Crippen molar-refractivity contribution in [3.63, 3.8) is 0 Å². The smallest absolute Gasteiger partial charge is 0.406 e. The van der Waals surface area contributed by atoms with Crippen molar-refractivity contribution in [2.45, 2.75) is 46.1 Å². The fraction of sp³-hybridized carbons (Fsp3) is 0.333. The van der Waals surface area contributed by atoms with Crippen LogP contribution in [0.15, 0.2) is 55.1 Å². The maximum absolute atomic E-state index is 11.6. The van der Waals surface area contributed by atoms with Crippen LogP contribution in [0.2, 0.25) is 0 Å². The van der Waals surface area contributed by atoms with E-state index in [1.165, 1.54) is 18.2 Å². The van der Waals surface area contributed by atoms with E-state index in [0.29, 0.717) is 11.6 Å². The van der Waals surface area contributed by atoms with E-state index in [0.717, 1.165) is 28.7 Å². The molecule has 32 heavy (non-hydrogen) atoms. The van der Waals surface area contributed by atoms with E-state index in [1.807, 2.05) is 18.2 Å². The third kappa shape index (κ3) is 8.93. The molecule has 2 aromatic carbocycles. The lowest BCUT2D eigenvalue weighted by atomic mass is 9.88. The van der Waals surface area contributed by atoms with Gasteiger partial charge in [0, 0.05) is 5.56 Å². The predicted molar refractivity (Wildman–Crippen MR) is 119 cm³/mol. The zero-order chi connectivity index (χ0) is 24.3. The van der Waals surface area contributed by atoms with E-state index in [9.17, 15) is 23.1 Å². The summed E-state index contributed by atoms with van der Waals surface area (Å²) in [5.74, 6) is -0.193. The van der Waals surface area contributed by atoms with Gasteiger partial charge in [0.1, 0.15) is 5.75 Å². The minimum Gasteiger partial charge on any atom is -0.406 e. The number of aliphatic hydroxyl groups is 1. The molecular weight excluding hydrogens is 421 g/mol. The van der Waals surface area contributed by atoms with Gasteiger partial charge < -0.3 is 20.6 Å². The van der Waals surface area contributed by atoms with Gasteiger partial charge in [-0.15, -0.1) is 13.2 Å². The molecule has 0 aliphatic heterocycles. The van der Waals surface area contributed by atoms with Gasteiger partial charge in [-0.05, 0) is 48.6 Å². The SMILES string of the molecule is C=CC(=O)NCC(=N)c1c(CO)cccc1C(C)CC.Cc1ccc(OC(F)(F)F)cc1. The quantitative estimate of drug-likeness (QED) is 0.379. The molecule has 174 valence electrons. The summed E-state index contributed by atoms with van der Waals surface area (Å²) >= 11 is 0. The summed E-state index contributed by atoms with van der Waals surface area (Å²) in [5.41, 5.74) is 3.70. The highest BCUT2D eigenvalue weighted by molar-refractivity contribution is 6.04. The molecule has 0 fully saturated rings. The number of nitrogens with one attached hydrogen (secondary N) is 2. The molecule has 0 aliphatic carbocycles. The first-order valence-corrected chi connectivity index (χ1v) is 10.0. The van der Waals surface area contributed by atoms with Crippen LogP contribution in [-0.4, -0.2) is 29.6 Å². The minimum atomic E-state index is -4.60. The second kappa shape index (κ2) is 12.7. The van der Waals surface area contributed by atoms with Gasteiger partial charge in [0.15, 0.2) is 0 Å². The number of aryl methyl sites for hydroxylation is 1. The van der Waals surface area contributed by atoms with Gasteiger partial charge in [-0.25, -0.2) is 0 Å². The molecule has 8 heteroatoms. The van der Waals surface area contributed by atoms with Crippen LogP contribution in [0.5, 0.6) is 5.75 Å². The number of aliphatic hydroxyl groups excluding tert-OH is 1. The number of ether oxygens (including phenoxy) is 1. The fourth-order valence-corrected chi connectivity index (χ4v) is 2.83. The Kier molecular flexibility index (Phi) is 10.6. The van der Waals surface area contributed by atoms with E-state index in [1.54, 1.807) is 19.1 Å². The molecule has 0 aliphatic rings. The third-order valence-electron chi connectivity index (χ3n) is 4.68. The zero-order valence-corrected chi connectivity index (χ0v) is 18.4. The molecule has 0 saturated carbocycles. The first-order chi connectivity index (χ1) is 15.0. The van der Waals surface area contributed by atoms with Gasteiger partial charge in [-0.1, -0.05) is 56.3 Å². The topological polar surface area (TPSA) is 82.4 Å². The van der Waals surface area contributed by atoms with Crippen molar-refractivity contribution >= 4 is 11.6 Å². The number of hydrogen-bond acceptors (Lipinski definition) is 4. The minimum absolute atomic E-state index is 0.114. The van der Waals surface area contributed by atoms with Crippen LogP contribution in [0.3, 0.4) is 0 Å². The molecule has 2 rings (SSSR count). The number of hydrogen-bond donors (Lipinski definition) is 3. The summed E-state index contributed by atoms with van der Waals surface area (Å²) in [7, 11) is 0. The Morgan fingerprint density at radius 1 is 1.25 bits per heavy atom. The number of alkyl halides is 3. The van der Waals surface area contributed by atoms with E-state index < -0.39 is 6.36 Å². The monoisotopic (exact) mass is 450 g/mol. The van der Waals surface area contributed by atoms with Crippen molar-refractivity contribution in [2.24, 2.45) is 0 Å². The first-order valence-electron chi connectivity index (χ1n) is 10.0. The highest BCUT2D eigenvalue weighted by Gasteiger charge is 2.30. The summed E-state index contributed by atoms with van der Waals surface area (Å²) in [5, 5.41) is 20.3. The van der Waals surface area contributed by atoms with E-state index >= 15 is 0 Å². The third-order valence-corrected chi connectivity index (χ3v) is 4.68. The predicted octanol–water partition coefficient (Wildman–Crippen LogP) is 5.26. The molecule has 3 N–H and O–H groups in total. The lowest BCUT2D eigenvalue weighted by molar-refractivity contribution is -0.274. The van der Waals surface area contributed by atoms with Crippen LogP contribution in [0.25, 0.3) is 0 Å². The van der Waals surface area contributed by atoms with Crippen LogP contribution in [0, 0.1) is 12.3 Å². The average molecular weight is 451 g/mol. The summed E-state index contributed by atoms with van der Waals surface area (Å²) in [6, 6.07) is 11.4. The van der Waals surface area contributed by atoms with Crippen molar-refractivity contribution in [1.29, 1.82) is 5.41 Å². The molecule has 0 spiro atoms. The number of carbonyl (C=O) groups is 1. The Bertz CT molecular complexity index is 910. The Morgan fingerprint density at radius 2 is 1.88 bits per heavy atom.